The number of nitrogens with zero attached hydrogens (tertiary/aromatic N) is 1. The molecule has 0 saturated carbocycles. The van der Waals surface area contributed by atoms with E-state index >= 15 is 0 Å². The van der Waals surface area contributed by atoms with Crippen LogP contribution < -0.4 is 4.74 Å². The SMILES string of the molecule is CC(=O)c1ccc(Oc2cc(Cl)ccc2[N+](=O)[O-])cc1Cl. The lowest BCUT2D eigenvalue weighted by Crippen LogP contribution is -1.96. The van der Waals surface area contributed by atoms with Gasteiger partial charge in [0.25, 0.3) is 0 Å². The highest BCUT2D eigenvalue weighted by Crippen LogP contribution is 2.35. The average Bonchev–Trinajstić information content (AvgIpc) is 2.37. The maximum absolute atomic E-state index is 11.3. The van der Waals surface area contributed by atoms with E-state index in [2.05, 4.69) is 0 Å². The highest BCUT2D eigenvalue weighted by Gasteiger charge is 2.17. The fourth-order valence-electron chi connectivity index (χ4n) is 1.69. The Bertz CT molecular complexity index is 731. The van der Waals surface area contributed by atoms with Crippen LogP contribution in [0.3, 0.4) is 0 Å². The Kier molecular flexibility index (Phi) is 4.45. The maximum Gasteiger partial charge on any atom is 0.311 e. The molecule has 0 unspecified atom stereocenters. The number of Topliss-reactive ketones (excluding diaryl/α,β-unsaturated/α-hetero) is 1. The molecule has 0 aromatic heterocycles. The molecule has 0 N–H and O–H groups in total. The molecule has 0 heterocycles. The number of hydrogen-bond acceptors (Lipinski definition) is 4. The number of ether oxygens (including phenoxy) is 1. The lowest BCUT2D eigenvalue weighted by molar-refractivity contribution is -0.385. The smallest absolute Gasteiger partial charge is 0.311 e. The Morgan fingerprint density at radius 1 is 1.19 bits per heavy atom. The third-order valence-corrected chi connectivity index (χ3v) is 3.21. The number of halogens is 2. The van der Waals surface area contributed by atoms with Gasteiger partial charge >= 0.3 is 5.69 Å². The predicted molar refractivity (Wildman–Crippen MR) is 79.6 cm³/mol. The van der Waals surface area contributed by atoms with Crippen molar-refractivity contribution in [3.8, 4) is 11.5 Å². The van der Waals surface area contributed by atoms with Gasteiger partial charge in [0.2, 0.25) is 5.75 Å². The van der Waals surface area contributed by atoms with Crippen LogP contribution in [0.15, 0.2) is 36.4 Å². The lowest BCUT2D eigenvalue weighted by atomic mass is 10.1. The molecule has 0 aliphatic carbocycles. The molecule has 0 bridgehead atoms. The molecule has 0 spiro atoms. The summed E-state index contributed by atoms with van der Waals surface area (Å²) < 4.78 is 5.45. The summed E-state index contributed by atoms with van der Waals surface area (Å²) in [4.78, 5) is 21.7. The second-order valence-corrected chi connectivity index (χ2v) is 5.01. The summed E-state index contributed by atoms with van der Waals surface area (Å²) in [7, 11) is 0. The standard InChI is InChI=1S/C14H9Cl2NO4/c1-8(18)11-4-3-10(7-12(11)16)21-14-6-9(15)2-5-13(14)17(19)20/h2-7H,1H3. The van der Waals surface area contributed by atoms with Crippen molar-refractivity contribution in [2.45, 2.75) is 6.92 Å². The van der Waals surface area contributed by atoms with Gasteiger partial charge in [0.1, 0.15) is 5.75 Å². The summed E-state index contributed by atoms with van der Waals surface area (Å²) in [5.74, 6) is 0.0924. The zero-order valence-corrected chi connectivity index (χ0v) is 12.3. The Morgan fingerprint density at radius 3 is 2.48 bits per heavy atom. The topological polar surface area (TPSA) is 69.4 Å². The number of carbonyl (C=O) groups is 1. The van der Waals surface area contributed by atoms with Gasteiger partial charge in [0.15, 0.2) is 5.78 Å². The minimum absolute atomic E-state index is 0.000795. The minimum atomic E-state index is -0.572. The summed E-state index contributed by atoms with van der Waals surface area (Å²) in [5, 5.41) is 11.5. The molecule has 0 radical (unpaired) electrons. The Labute approximate surface area is 130 Å². The van der Waals surface area contributed by atoms with Crippen LogP contribution in [0.5, 0.6) is 11.5 Å². The van der Waals surface area contributed by atoms with Crippen LogP contribution in [0, 0.1) is 10.1 Å². The molecular weight excluding hydrogens is 317 g/mol. The number of hydrogen-bond donors (Lipinski definition) is 0. The third kappa shape index (κ3) is 3.51. The Hall–Kier alpha value is -2.11. The van der Waals surface area contributed by atoms with E-state index in [0.29, 0.717) is 10.6 Å². The van der Waals surface area contributed by atoms with Gasteiger partial charge in [-0.2, -0.15) is 0 Å². The first-order chi connectivity index (χ1) is 9.88. The fourth-order valence-corrected chi connectivity index (χ4v) is 2.16. The molecule has 0 saturated heterocycles. The zero-order valence-electron chi connectivity index (χ0n) is 10.8. The average molecular weight is 326 g/mol. The van der Waals surface area contributed by atoms with E-state index in [9.17, 15) is 14.9 Å². The number of ketones is 1. The molecule has 2 aromatic carbocycles. The number of nitro groups is 1. The van der Waals surface area contributed by atoms with Crippen LogP contribution in [0.4, 0.5) is 5.69 Å². The van der Waals surface area contributed by atoms with Gasteiger partial charge in [-0.1, -0.05) is 23.2 Å². The molecule has 108 valence electrons. The fraction of sp³-hybridized carbons (Fsp3) is 0.0714. The van der Waals surface area contributed by atoms with Gasteiger partial charge in [-0.25, -0.2) is 0 Å². The second kappa shape index (κ2) is 6.11. The van der Waals surface area contributed by atoms with Crippen LogP contribution in [0.1, 0.15) is 17.3 Å². The van der Waals surface area contributed by atoms with Crippen molar-refractivity contribution in [1.29, 1.82) is 0 Å². The molecule has 5 nitrogen and oxygen atoms in total. The van der Waals surface area contributed by atoms with Crippen molar-refractivity contribution < 1.29 is 14.5 Å². The first-order valence-corrected chi connectivity index (χ1v) is 6.56. The number of benzene rings is 2. The molecule has 21 heavy (non-hydrogen) atoms. The summed E-state index contributed by atoms with van der Waals surface area (Å²) in [6, 6.07) is 8.42. The van der Waals surface area contributed by atoms with Crippen molar-refractivity contribution in [3.63, 3.8) is 0 Å². The highest BCUT2D eigenvalue weighted by atomic mass is 35.5. The molecule has 0 atom stereocenters. The molecular formula is C14H9Cl2NO4. The van der Waals surface area contributed by atoms with Crippen LogP contribution in [-0.2, 0) is 0 Å². The maximum atomic E-state index is 11.3. The Morgan fingerprint density at radius 2 is 1.90 bits per heavy atom. The van der Waals surface area contributed by atoms with Gasteiger partial charge in [-0.15, -0.1) is 0 Å². The number of nitro benzene ring substituents is 1. The molecule has 2 rings (SSSR count). The van der Waals surface area contributed by atoms with Crippen molar-refractivity contribution >= 4 is 34.7 Å². The van der Waals surface area contributed by atoms with E-state index < -0.39 is 4.92 Å². The number of rotatable bonds is 4. The van der Waals surface area contributed by atoms with Gasteiger partial charge in [-0.05, 0) is 25.1 Å². The van der Waals surface area contributed by atoms with E-state index in [4.69, 9.17) is 27.9 Å². The van der Waals surface area contributed by atoms with Gasteiger partial charge < -0.3 is 4.74 Å². The minimum Gasteiger partial charge on any atom is -0.450 e. The number of carbonyl (C=O) groups excluding carboxylic acids is 1. The van der Waals surface area contributed by atoms with Gasteiger partial charge in [0, 0.05) is 28.8 Å². The van der Waals surface area contributed by atoms with Gasteiger partial charge in [0.05, 0.1) is 9.95 Å². The quantitative estimate of drug-likeness (QED) is 0.455. The molecule has 0 aliphatic rings. The molecule has 2 aromatic rings. The second-order valence-electron chi connectivity index (χ2n) is 4.17. The summed E-state index contributed by atoms with van der Waals surface area (Å²) in [6.45, 7) is 1.39. The summed E-state index contributed by atoms with van der Waals surface area (Å²) in [5.41, 5.74) is 0.135. The van der Waals surface area contributed by atoms with Crippen molar-refractivity contribution in [2.75, 3.05) is 0 Å². The Balaban J connectivity index is 2.38. The largest absolute Gasteiger partial charge is 0.450 e. The first-order valence-electron chi connectivity index (χ1n) is 5.81. The third-order valence-electron chi connectivity index (χ3n) is 2.67. The lowest BCUT2D eigenvalue weighted by Gasteiger charge is -2.08. The van der Waals surface area contributed by atoms with E-state index in [-0.39, 0.29) is 28.0 Å². The summed E-state index contributed by atoms with van der Waals surface area (Å²) in [6.07, 6.45) is 0. The van der Waals surface area contributed by atoms with Crippen LogP contribution in [0.25, 0.3) is 0 Å². The summed E-state index contributed by atoms with van der Waals surface area (Å²) >= 11 is 11.8. The molecule has 0 amide bonds. The van der Waals surface area contributed by atoms with Crippen LogP contribution in [-0.4, -0.2) is 10.7 Å². The monoisotopic (exact) mass is 325 g/mol. The van der Waals surface area contributed by atoms with Gasteiger partial charge in [-0.3, -0.25) is 14.9 Å². The predicted octanol–water partition coefficient (Wildman–Crippen LogP) is 4.90. The molecule has 0 aliphatic heterocycles. The zero-order chi connectivity index (χ0) is 15.6. The van der Waals surface area contributed by atoms with Crippen molar-refractivity contribution in [1.82, 2.24) is 0 Å². The van der Waals surface area contributed by atoms with E-state index in [1.165, 1.54) is 43.3 Å². The van der Waals surface area contributed by atoms with Crippen LogP contribution in [0.2, 0.25) is 10.0 Å². The highest BCUT2D eigenvalue weighted by molar-refractivity contribution is 6.34. The molecule has 7 heteroatoms. The first kappa shape index (κ1) is 15.3. The van der Waals surface area contributed by atoms with E-state index in [1.807, 2.05) is 0 Å². The normalized spacial score (nSPS) is 10.2. The van der Waals surface area contributed by atoms with Crippen molar-refractivity contribution in [2.24, 2.45) is 0 Å². The van der Waals surface area contributed by atoms with E-state index in [0.717, 1.165) is 0 Å². The van der Waals surface area contributed by atoms with E-state index in [1.54, 1.807) is 0 Å². The van der Waals surface area contributed by atoms with Crippen molar-refractivity contribution in [3.05, 3.63) is 62.1 Å². The molecule has 0 fully saturated rings. The van der Waals surface area contributed by atoms with Crippen LogP contribution >= 0.6 is 23.2 Å².